The smallest absolute Gasteiger partial charge is 0.234 e. The molecule has 0 radical (unpaired) electrons. The molecule has 20 heavy (non-hydrogen) atoms. The van der Waals surface area contributed by atoms with Crippen molar-refractivity contribution in [1.29, 1.82) is 0 Å². The number of carbonyl (C=O) groups is 2. The summed E-state index contributed by atoms with van der Waals surface area (Å²) in [6, 6.07) is 11.9. The molecule has 3 rings (SSSR count). The summed E-state index contributed by atoms with van der Waals surface area (Å²) in [5, 5.41) is 4.45. The predicted octanol–water partition coefficient (Wildman–Crippen LogP) is 2.97. The fourth-order valence-electron chi connectivity index (χ4n) is 2.78. The van der Waals surface area contributed by atoms with Crippen LogP contribution in [0.3, 0.4) is 0 Å². The highest BCUT2D eigenvalue weighted by Gasteiger charge is 2.38. The van der Waals surface area contributed by atoms with Gasteiger partial charge in [0.05, 0.1) is 5.92 Å². The molecule has 2 aromatic rings. The minimum Gasteiger partial charge on any atom is -0.296 e. The largest absolute Gasteiger partial charge is 0.296 e. The van der Waals surface area contributed by atoms with E-state index in [0.29, 0.717) is 6.42 Å². The normalized spacial score (nSPS) is 22.6. The molecule has 2 heterocycles. The van der Waals surface area contributed by atoms with E-state index < -0.39 is 0 Å². The summed E-state index contributed by atoms with van der Waals surface area (Å²) in [6.45, 7) is 2.01. The number of carbonyl (C=O) groups excluding carboxylic acids is 2. The van der Waals surface area contributed by atoms with E-state index in [1.807, 2.05) is 48.7 Å². The van der Waals surface area contributed by atoms with Gasteiger partial charge in [-0.1, -0.05) is 35.9 Å². The number of rotatable bonds is 2. The van der Waals surface area contributed by atoms with Gasteiger partial charge in [0, 0.05) is 17.2 Å². The van der Waals surface area contributed by atoms with Crippen LogP contribution in [0.15, 0.2) is 41.8 Å². The average Bonchev–Trinajstić information content (AvgIpc) is 2.91. The zero-order valence-electron chi connectivity index (χ0n) is 11.1. The third-order valence-corrected chi connectivity index (χ3v) is 4.67. The van der Waals surface area contributed by atoms with Crippen molar-refractivity contribution in [3.8, 4) is 0 Å². The fourth-order valence-corrected chi connectivity index (χ4v) is 3.65. The molecule has 1 aromatic carbocycles. The molecule has 2 amide bonds. The Morgan fingerprint density at radius 3 is 2.75 bits per heavy atom. The maximum atomic E-state index is 12.3. The fraction of sp³-hybridized carbons (Fsp3) is 0.250. The minimum atomic E-state index is -0.286. The summed E-state index contributed by atoms with van der Waals surface area (Å²) in [6.07, 6.45) is 0.366. The molecule has 4 heteroatoms. The summed E-state index contributed by atoms with van der Waals surface area (Å²) in [4.78, 5) is 25.1. The molecule has 1 aliphatic rings. The molecule has 0 aliphatic carbocycles. The summed E-state index contributed by atoms with van der Waals surface area (Å²) >= 11 is 1.60. The Labute approximate surface area is 121 Å². The van der Waals surface area contributed by atoms with Crippen molar-refractivity contribution in [2.45, 2.75) is 25.2 Å². The van der Waals surface area contributed by atoms with Crippen LogP contribution in [-0.4, -0.2) is 11.8 Å². The van der Waals surface area contributed by atoms with Gasteiger partial charge in [-0.3, -0.25) is 14.9 Å². The first-order chi connectivity index (χ1) is 9.65. The molecule has 3 nitrogen and oxygen atoms in total. The van der Waals surface area contributed by atoms with Crippen molar-refractivity contribution in [2.24, 2.45) is 0 Å². The molecule has 1 N–H and O–H groups in total. The first-order valence-corrected chi connectivity index (χ1v) is 7.47. The van der Waals surface area contributed by atoms with Gasteiger partial charge >= 0.3 is 0 Å². The number of hydrogen-bond acceptors (Lipinski definition) is 3. The first-order valence-electron chi connectivity index (χ1n) is 6.59. The Hall–Kier alpha value is -1.94. The van der Waals surface area contributed by atoms with Gasteiger partial charge in [0.2, 0.25) is 11.8 Å². The van der Waals surface area contributed by atoms with Crippen molar-refractivity contribution in [3.05, 3.63) is 57.8 Å². The highest BCUT2D eigenvalue weighted by Crippen LogP contribution is 2.40. The Morgan fingerprint density at radius 1 is 1.20 bits per heavy atom. The summed E-state index contributed by atoms with van der Waals surface area (Å²) in [5.74, 6) is -0.716. The number of benzene rings is 1. The molecule has 2 unspecified atom stereocenters. The number of piperidine rings is 1. The molecule has 102 valence electrons. The SMILES string of the molecule is Cc1cccc(C2C(=O)NC(=O)CC2c2cccs2)c1. The first kappa shape index (κ1) is 13.1. The van der Waals surface area contributed by atoms with Gasteiger partial charge in [-0.2, -0.15) is 0 Å². The molecule has 1 saturated heterocycles. The van der Waals surface area contributed by atoms with Crippen molar-refractivity contribution in [2.75, 3.05) is 0 Å². The summed E-state index contributed by atoms with van der Waals surface area (Å²) in [5.41, 5.74) is 2.10. The number of nitrogens with one attached hydrogen (secondary N) is 1. The second-order valence-electron chi connectivity index (χ2n) is 5.13. The maximum Gasteiger partial charge on any atom is 0.234 e. The Balaban J connectivity index is 2.04. The summed E-state index contributed by atoms with van der Waals surface area (Å²) in [7, 11) is 0. The summed E-state index contributed by atoms with van der Waals surface area (Å²) < 4.78 is 0. The van der Waals surface area contributed by atoms with Crippen molar-refractivity contribution < 1.29 is 9.59 Å². The molecular weight excluding hydrogens is 270 g/mol. The van der Waals surface area contributed by atoms with E-state index in [-0.39, 0.29) is 23.7 Å². The monoisotopic (exact) mass is 285 g/mol. The molecule has 1 fully saturated rings. The number of thiophene rings is 1. The van der Waals surface area contributed by atoms with E-state index >= 15 is 0 Å². The van der Waals surface area contributed by atoms with Crippen LogP contribution in [0.4, 0.5) is 0 Å². The van der Waals surface area contributed by atoms with Crippen LogP contribution in [0.1, 0.15) is 34.3 Å². The van der Waals surface area contributed by atoms with Gasteiger partial charge in [-0.05, 0) is 23.9 Å². The van der Waals surface area contributed by atoms with Gasteiger partial charge in [0.25, 0.3) is 0 Å². The number of hydrogen-bond donors (Lipinski definition) is 1. The van der Waals surface area contributed by atoms with Crippen molar-refractivity contribution >= 4 is 23.2 Å². The van der Waals surface area contributed by atoms with Crippen LogP contribution in [0, 0.1) is 6.92 Å². The standard InChI is InChI=1S/C16H15NO2S/c1-10-4-2-5-11(8-10)15-12(13-6-3-7-20-13)9-14(18)17-16(15)19/h2-8,12,15H,9H2,1H3,(H,17,18,19). The van der Waals surface area contributed by atoms with E-state index in [2.05, 4.69) is 5.32 Å². The van der Waals surface area contributed by atoms with Crippen LogP contribution in [0.5, 0.6) is 0 Å². The molecule has 0 saturated carbocycles. The minimum absolute atomic E-state index is 0.0574. The van der Waals surface area contributed by atoms with Crippen molar-refractivity contribution in [3.63, 3.8) is 0 Å². The Morgan fingerprint density at radius 2 is 2.05 bits per heavy atom. The van der Waals surface area contributed by atoms with Crippen LogP contribution in [0.25, 0.3) is 0 Å². The van der Waals surface area contributed by atoms with E-state index in [0.717, 1.165) is 16.0 Å². The lowest BCUT2D eigenvalue weighted by Crippen LogP contribution is -2.43. The van der Waals surface area contributed by atoms with Gasteiger partial charge in [0.1, 0.15) is 0 Å². The molecular formula is C16H15NO2S. The third-order valence-electron chi connectivity index (χ3n) is 3.66. The number of aryl methyl sites for hydroxylation is 1. The molecule has 0 bridgehead atoms. The molecule has 0 spiro atoms. The van der Waals surface area contributed by atoms with Crippen LogP contribution in [-0.2, 0) is 9.59 Å². The predicted molar refractivity (Wildman–Crippen MR) is 78.7 cm³/mol. The maximum absolute atomic E-state index is 12.3. The zero-order valence-corrected chi connectivity index (χ0v) is 11.9. The highest BCUT2D eigenvalue weighted by atomic mass is 32.1. The second kappa shape index (κ2) is 5.21. The van der Waals surface area contributed by atoms with Crippen LogP contribution < -0.4 is 5.32 Å². The number of amides is 2. The van der Waals surface area contributed by atoms with Gasteiger partial charge < -0.3 is 0 Å². The van der Waals surface area contributed by atoms with Gasteiger partial charge in [-0.15, -0.1) is 11.3 Å². The van der Waals surface area contributed by atoms with E-state index in [4.69, 9.17) is 0 Å². The van der Waals surface area contributed by atoms with E-state index in [1.165, 1.54) is 0 Å². The van der Waals surface area contributed by atoms with Crippen LogP contribution in [0.2, 0.25) is 0 Å². The zero-order chi connectivity index (χ0) is 14.1. The highest BCUT2D eigenvalue weighted by molar-refractivity contribution is 7.10. The third kappa shape index (κ3) is 2.39. The van der Waals surface area contributed by atoms with Gasteiger partial charge in [-0.25, -0.2) is 0 Å². The van der Waals surface area contributed by atoms with E-state index in [1.54, 1.807) is 11.3 Å². The lowest BCUT2D eigenvalue weighted by atomic mass is 9.79. The quantitative estimate of drug-likeness (QED) is 0.862. The molecule has 2 atom stereocenters. The molecule has 1 aliphatic heterocycles. The topological polar surface area (TPSA) is 46.2 Å². The Bertz CT molecular complexity index is 648. The van der Waals surface area contributed by atoms with Crippen LogP contribution >= 0.6 is 11.3 Å². The second-order valence-corrected chi connectivity index (χ2v) is 6.11. The lowest BCUT2D eigenvalue weighted by Gasteiger charge is -2.30. The van der Waals surface area contributed by atoms with Gasteiger partial charge in [0.15, 0.2) is 0 Å². The average molecular weight is 285 g/mol. The number of imide groups is 1. The Kier molecular flexibility index (Phi) is 3.40. The van der Waals surface area contributed by atoms with E-state index in [9.17, 15) is 9.59 Å². The lowest BCUT2D eigenvalue weighted by molar-refractivity contribution is -0.135. The van der Waals surface area contributed by atoms with Crippen molar-refractivity contribution in [1.82, 2.24) is 5.32 Å². The molecule has 1 aromatic heterocycles.